The predicted molar refractivity (Wildman–Crippen MR) is 124 cm³/mol. The van der Waals surface area contributed by atoms with Gasteiger partial charge in [-0.2, -0.15) is 5.10 Å². The van der Waals surface area contributed by atoms with E-state index in [1.54, 1.807) is 18.5 Å². The third kappa shape index (κ3) is 3.14. The molecule has 0 atom stereocenters. The first-order chi connectivity index (χ1) is 15.7. The van der Waals surface area contributed by atoms with E-state index < -0.39 is 0 Å². The van der Waals surface area contributed by atoms with Gasteiger partial charge in [-0.15, -0.1) is 0 Å². The SMILES string of the molecule is CN1CCN(c2nccc3[nH]c(-c4[nH]nc5ncc(-c6cncc(O)c6)cc45)cc23)CC1. The van der Waals surface area contributed by atoms with Gasteiger partial charge in [-0.1, -0.05) is 0 Å². The Bertz CT molecular complexity index is 1430. The van der Waals surface area contributed by atoms with E-state index in [0.717, 1.165) is 70.8 Å². The Balaban J connectivity index is 1.44. The van der Waals surface area contributed by atoms with Crippen LogP contribution in [-0.4, -0.2) is 73.4 Å². The molecule has 0 unspecified atom stereocenters. The van der Waals surface area contributed by atoms with E-state index in [9.17, 15) is 5.11 Å². The van der Waals surface area contributed by atoms with Gasteiger partial charge < -0.3 is 19.9 Å². The predicted octanol–water partition coefficient (Wildman–Crippen LogP) is 3.02. The third-order valence-corrected chi connectivity index (χ3v) is 6.07. The number of H-pyrrole nitrogens is 2. The summed E-state index contributed by atoms with van der Waals surface area (Å²) in [6.07, 6.45) is 6.72. The van der Waals surface area contributed by atoms with Gasteiger partial charge in [0.15, 0.2) is 5.65 Å². The highest BCUT2D eigenvalue weighted by Crippen LogP contribution is 2.33. The van der Waals surface area contributed by atoms with Crippen LogP contribution in [0.2, 0.25) is 0 Å². The molecule has 1 saturated heterocycles. The molecule has 0 bridgehead atoms. The van der Waals surface area contributed by atoms with Crippen molar-refractivity contribution in [2.24, 2.45) is 0 Å². The topological polar surface area (TPSA) is 110 Å². The van der Waals surface area contributed by atoms with Crippen molar-refractivity contribution in [2.75, 3.05) is 38.1 Å². The lowest BCUT2D eigenvalue weighted by molar-refractivity contribution is 0.312. The molecule has 9 heteroatoms. The summed E-state index contributed by atoms with van der Waals surface area (Å²) in [5.41, 5.74) is 5.12. The van der Waals surface area contributed by atoms with Gasteiger partial charge in [0.2, 0.25) is 0 Å². The van der Waals surface area contributed by atoms with E-state index in [0.29, 0.717) is 5.65 Å². The van der Waals surface area contributed by atoms with E-state index in [1.165, 1.54) is 6.20 Å². The summed E-state index contributed by atoms with van der Waals surface area (Å²) in [6, 6.07) is 7.82. The standard InChI is InChI=1S/C23H22N8O/c1-30-4-6-31(7-5-30)23-17-10-20(27-19(17)2-3-25-23)21-18-9-15(12-26-22(18)29-28-21)14-8-16(32)13-24-11-14/h2-3,8-13,27,32H,4-7H2,1H3,(H,26,28,29). The minimum Gasteiger partial charge on any atom is -0.506 e. The molecule has 3 N–H and O–H groups in total. The van der Waals surface area contributed by atoms with Crippen LogP contribution in [0, 0.1) is 0 Å². The minimum absolute atomic E-state index is 0.120. The first-order valence-corrected chi connectivity index (χ1v) is 10.6. The molecule has 0 amide bonds. The second-order valence-electron chi connectivity index (χ2n) is 8.19. The molecule has 5 aromatic rings. The Kier molecular flexibility index (Phi) is 4.29. The fourth-order valence-electron chi connectivity index (χ4n) is 4.29. The Hall–Kier alpha value is -3.98. The number of hydrogen-bond acceptors (Lipinski definition) is 7. The van der Waals surface area contributed by atoms with Gasteiger partial charge >= 0.3 is 0 Å². The van der Waals surface area contributed by atoms with Gasteiger partial charge in [0.25, 0.3) is 0 Å². The van der Waals surface area contributed by atoms with Crippen molar-refractivity contribution in [3.8, 4) is 28.3 Å². The number of aromatic amines is 2. The van der Waals surface area contributed by atoms with Crippen LogP contribution >= 0.6 is 0 Å². The summed E-state index contributed by atoms with van der Waals surface area (Å²) in [4.78, 5) is 21.5. The summed E-state index contributed by atoms with van der Waals surface area (Å²) in [7, 11) is 2.15. The minimum atomic E-state index is 0.120. The number of aromatic nitrogens is 6. The van der Waals surface area contributed by atoms with Crippen LogP contribution in [0.5, 0.6) is 5.75 Å². The molecule has 0 saturated carbocycles. The zero-order chi connectivity index (χ0) is 21.7. The van der Waals surface area contributed by atoms with Crippen LogP contribution < -0.4 is 4.90 Å². The zero-order valence-corrected chi connectivity index (χ0v) is 17.6. The fourth-order valence-corrected chi connectivity index (χ4v) is 4.29. The van der Waals surface area contributed by atoms with E-state index in [2.05, 4.69) is 48.1 Å². The molecule has 160 valence electrons. The van der Waals surface area contributed by atoms with Crippen molar-refractivity contribution in [1.29, 1.82) is 0 Å². The quantitative estimate of drug-likeness (QED) is 0.407. The number of hydrogen-bond donors (Lipinski definition) is 3. The van der Waals surface area contributed by atoms with E-state index >= 15 is 0 Å². The van der Waals surface area contributed by atoms with Crippen LogP contribution in [0.25, 0.3) is 44.5 Å². The van der Waals surface area contributed by atoms with Crippen LogP contribution in [0.1, 0.15) is 0 Å². The Labute approximate surface area is 183 Å². The number of anilines is 1. The summed E-state index contributed by atoms with van der Waals surface area (Å²) < 4.78 is 0. The van der Waals surface area contributed by atoms with Crippen molar-refractivity contribution in [2.45, 2.75) is 0 Å². The Morgan fingerprint density at radius 3 is 2.62 bits per heavy atom. The summed E-state index contributed by atoms with van der Waals surface area (Å²) >= 11 is 0. The van der Waals surface area contributed by atoms with Crippen LogP contribution in [-0.2, 0) is 0 Å². The summed E-state index contributed by atoms with van der Waals surface area (Å²) in [5, 5.41) is 19.3. The van der Waals surface area contributed by atoms with Crippen LogP contribution in [0.3, 0.4) is 0 Å². The van der Waals surface area contributed by atoms with Gasteiger partial charge in [-0.05, 0) is 31.3 Å². The van der Waals surface area contributed by atoms with E-state index in [-0.39, 0.29) is 5.75 Å². The van der Waals surface area contributed by atoms with Crippen LogP contribution in [0.4, 0.5) is 5.82 Å². The maximum Gasteiger partial charge on any atom is 0.181 e. The molecule has 1 aliphatic heterocycles. The van der Waals surface area contributed by atoms with Crippen molar-refractivity contribution in [1.82, 2.24) is 35.0 Å². The molecule has 9 nitrogen and oxygen atoms in total. The van der Waals surface area contributed by atoms with Gasteiger partial charge in [0.05, 0.1) is 23.1 Å². The molecule has 0 spiro atoms. The Morgan fingerprint density at radius 1 is 0.938 bits per heavy atom. The maximum atomic E-state index is 9.79. The molecule has 0 aromatic carbocycles. The molecule has 1 fully saturated rings. The van der Waals surface area contributed by atoms with E-state index in [1.807, 2.05) is 18.3 Å². The lowest BCUT2D eigenvalue weighted by Gasteiger charge is -2.33. The zero-order valence-electron chi connectivity index (χ0n) is 17.6. The summed E-state index contributed by atoms with van der Waals surface area (Å²) in [5.74, 6) is 1.13. The van der Waals surface area contributed by atoms with Gasteiger partial charge in [0.1, 0.15) is 11.6 Å². The Morgan fingerprint density at radius 2 is 1.78 bits per heavy atom. The molecule has 0 aliphatic carbocycles. The number of likely N-dealkylation sites (N-methyl/N-ethyl adjacent to an activating group) is 1. The number of rotatable bonds is 3. The van der Waals surface area contributed by atoms with Crippen molar-refractivity contribution in [3.63, 3.8) is 0 Å². The number of fused-ring (bicyclic) bond motifs is 2. The highest BCUT2D eigenvalue weighted by atomic mass is 16.3. The second-order valence-corrected chi connectivity index (χ2v) is 8.19. The monoisotopic (exact) mass is 426 g/mol. The molecular formula is C23H22N8O. The average molecular weight is 426 g/mol. The lowest BCUT2D eigenvalue weighted by atomic mass is 10.1. The average Bonchev–Trinajstić information content (AvgIpc) is 3.43. The van der Waals surface area contributed by atoms with Gasteiger partial charge in [0, 0.05) is 66.7 Å². The van der Waals surface area contributed by atoms with Gasteiger partial charge in [-0.3, -0.25) is 10.1 Å². The first kappa shape index (κ1) is 18.8. The highest BCUT2D eigenvalue weighted by Gasteiger charge is 2.20. The summed E-state index contributed by atoms with van der Waals surface area (Å²) in [6.45, 7) is 3.97. The molecule has 32 heavy (non-hydrogen) atoms. The third-order valence-electron chi connectivity index (χ3n) is 6.07. The van der Waals surface area contributed by atoms with Crippen molar-refractivity contribution < 1.29 is 5.11 Å². The molecular weight excluding hydrogens is 404 g/mol. The van der Waals surface area contributed by atoms with Crippen LogP contribution in [0.15, 0.2) is 49.1 Å². The normalized spacial score (nSPS) is 15.1. The number of aromatic hydroxyl groups is 1. The maximum absolute atomic E-state index is 9.79. The smallest absolute Gasteiger partial charge is 0.181 e. The molecule has 0 radical (unpaired) electrons. The lowest BCUT2D eigenvalue weighted by Crippen LogP contribution is -2.44. The molecule has 1 aliphatic rings. The number of pyridine rings is 3. The fraction of sp³-hybridized carbons (Fsp3) is 0.217. The number of nitrogens with zero attached hydrogens (tertiary/aromatic N) is 6. The highest BCUT2D eigenvalue weighted by molar-refractivity contribution is 5.99. The molecule has 6 heterocycles. The number of nitrogens with one attached hydrogen (secondary N) is 2. The number of piperazine rings is 1. The first-order valence-electron chi connectivity index (χ1n) is 10.6. The second kappa shape index (κ2) is 7.31. The molecule has 5 aromatic heterocycles. The van der Waals surface area contributed by atoms with Gasteiger partial charge in [-0.25, -0.2) is 9.97 Å². The van der Waals surface area contributed by atoms with Crippen molar-refractivity contribution >= 4 is 27.8 Å². The van der Waals surface area contributed by atoms with Crippen molar-refractivity contribution in [3.05, 3.63) is 49.1 Å². The molecule has 6 rings (SSSR count). The largest absolute Gasteiger partial charge is 0.506 e. The van der Waals surface area contributed by atoms with E-state index in [4.69, 9.17) is 4.98 Å².